The zero-order chi connectivity index (χ0) is 13.7. The summed E-state index contributed by atoms with van der Waals surface area (Å²) in [5, 5.41) is 29.6. The number of carbonyl (C=O) groups is 2. The van der Waals surface area contributed by atoms with Gasteiger partial charge in [-0.1, -0.05) is 17.7 Å². The zero-order valence-corrected chi connectivity index (χ0v) is 10.1. The fourth-order valence-corrected chi connectivity index (χ4v) is 1.60. The molecule has 6 nitrogen and oxygen atoms in total. The van der Waals surface area contributed by atoms with Crippen molar-refractivity contribution in [3.8, 4) is 5.75 Å². The highest BCUT2D eigenvalue weighted by Gasteiger charge is 2.13. The maximum atomic E-state index is 10.4. The summed E-state index contributed by atoms with van der Waals surface area (Å²) in [5.74, 6) is -2.30. The molecule has 0 aliphatic heterocycles. The molecule has 0 saturated heterocycles. The average molecular weight is 274 g/mol. The second-order valence-corrected chi connectivity index (χ2v) is 3.98. The van der Waals surface area contributed by atoms with Crippen LogP contribution in [-0.2, 0) is 16.0 Å². The molecule has 4 N–H and O–H groups in total. The van der Waals surface area contributed by atoms with Gasteiger partial charge in [0, 0.05) is 6.42 Å². The molecule has 0 amide bonds. The van der Waals surface area contributed by atoms with E-state index in [1.807, 2.05) is 0 Å². The van der Waals surface area contributed by atoms with Gasteiger partial charge in [-0.15, -0.1) is 0 Å². The van der Waals surface area contributed by atoms with E-state index in [-0.39, 0.29) is 29.3 Å². The molecule has 0 aromatic heterocycles. The molecular formula is C11H12ClNO5. The number of hydrogen-bond acceptors (Lipinski definition) is 4. The lowest BCUT2D eigenvalue weighted by Crippen LogP contribution is -2.13. The number of phenols is 1. The van der Waals surface area contributed by atoms with Crippen molar-refractivity contribution in [2.45, 2.75) is 12.8 Å². The van der Waals surface area contributed by atoms with Gasteiger partial charge >= 0.3 is 11.9 Å². The first-order chi connectivity index (χ1) is 8.41. The Hall–Kier alpha value is -1.95. The molecule has 0 unspecified atom stereocenters. The Balaban J connectivity index is 2.91. The lowest BCUT2D eigenvalue weighted by atomic mass is 10.1. The molecule has 1 aromatic carbocycles. The SMILES string of the molecule is O=C(O)CCc1ccc(Cl)c(NCC(=O)O)c1O. The van der Waals surface area contributed by atoms with Crippen LogP contribution in [0.1, 0.15) is 12.0 Å². The number of phenolic OH excluding ortho intramolecular Hbond substituents is 1. The number of benzene rings is 1. The number of carboxylic acid groups (broad SMARTS) is 2. The molecule has 0 aliphatic rings. The van der Waals surface area contributed by atoms with Crippen LogP contribution in [0.25, 0.3) is 0 Å². The van der Waals surface area contributed by atoms with Gasteiger partial charge in [-0.25, -0.2) is 0 Å². The molecule has 0 saturated carbocycles. The number of rotatable bonds is 6. The van der Waals surface area contributed by atoms with Gasteiger partial charge in [0.15, 0.2) is 0 Å². The average Bonchev–Trinajstić information content (AvgIpc) is 2.27. The molecule has 7 heteroatoms. The van der Waals surface area contributed by atoms with Gasteiger partial charge in [-0.3, -0.25) is 9.59 Å². The number of hydrogen-bond donors (Lipinski definition) is 4. The molecule has 98 valence electrons. The van der Waals surface area contributed by atoms with Crippen LogP contribution in [0, 0.1) is 0 Å². The molecule has 0 radical (unpaired) electrons. The molecule has 1 aromatic rings. The minimum atomic E-state index is -1.10. The molecule has 1 rings (SSSR count). The third-order valence-electron chi connectivity index (χ3n) is 2.24. The van der Waals surface area contributed by atoms with E-state index in [2.05, 4.69) is 5.32 Å². The van der Waals surface area contributed by atoms with Crippen molar-refractivity contribution in [3.05, 3.63) is 22.7 Å². The fraction of sp³-hybridized carbons (Fsp3) is 0.273. The summed E-state index contributed by atoms with van der Waals surface area (Å²) >= 11 is 5.82. The maximum Gasteiger partial charge on any atom is 0.322 e. The minimum absolute atomic E-state index is 0.0990. The summed E-state index contributed by atoms with van der Waals surface area (Å²) in [6, 6.07) is 2.98. The fourth-order valence-electron chi connectivity index (χ4n) is 1.39. The highest BCUT2D eigenvalue weighted by Crippen LogP contribution is 2.35. The summed E-state index contributed by atoms with van der Waals surface area (Å²) < 4.78 is 0. The Morgan fingerprint density at radius 2 is 1.89 bits per heavy atom. The topological polar surface area (TPSA) is 107 Å². The van der Waals surface area contributed by atoms with Gasteiger partial charge in [0.2, 0.25) is 0 Å². The molecule has 0 aliphatic carbocycles. The summed E-state index contributed by atoms with van der Waals surface area (Å²) in [7, 11) is 0. The Morgan fingerprint density at radius 3 is 2.44 bits per heavy atom. The highest BCUT2D eigenvalue weighted by atomic mass is 35.5. The summed E-state index contributed by atoms with van der Waals surface area (Å²) in [4.78, 5) is 20.9. The van der Waals surface area contributed by atoms with Crippen molar-refractivity contribution in [2.75, 3.05) is 11.9 Å². The Morgan fingerprint density at radius 1 is 1.22 bits per heavy atom. The Labute approximate surface area is 108 Å². The van der Waals surface area contributed by atoms with Crippen molar-refractivity contribution in [1.82, 2.24) is 0 Å². The maximum absolute atomic E-state index is 10.4. The van der Waals surface area contributed by atoms with Crippen LogP contribution < -0.4 is 5.32 Å². The normalized spacial score (nSPS) is 10.1. The number of aryl methyl sites for hydroxylation is 1. The monoisotopic (exact) mass is 273 g/mol. The number of anilines is 1. The van der Waals surface area contributed by atoms with Crippen molar-refractivity contribution in [3.63, 3.8) is 0 Å². The summed E-state index contributed by atoms with van der Waals surface area (Å²) in [5.41, 5.74) is 0.497. The lowest BCUT2D eigenvalue weighted by molar-refractivity contribution is -0.137. The first kappa shape index (κ1) is 14.1. The van der Waals surface area contributed by atoms with E-state index in [1.54, 1.807) is 0 Å². The van der Waals surface area contributed by atoms with E-state index >= 15 is 0 Å². The van der Waals surface area contributed by atoms with Crippen molar-refractivity contribution < 1.29 is 24.9 Å². The number of halogens is 1. The predicted octanol–water partition coefficient (Wildman–Crippen LogP) is 1.56. The van der Waals surface area contributed by atoms with Gasteiger partial charge in [0.05, 0.1) is 10.7 Å². The highest BCUT2D eigenvalue weighted by molar-refractivity contribution is 6.33. The van der Waals surface area contributed by atoms with Crippen LogP contribution in [0.4, 0.5) is 5.69 Å². The van der Waals surface area contributed by atoms with Gasteiger partial charge in [-0.05, 0) is 18.1 Å². The molecule has 0 bridgehead atoms. The largest absolute Gasteiger partial charge is 0.505 e. The Kier molecular flexibility index (Phi) is 4.79. The number of carboxylic acids is 2. The molecule has 0 fully saturated rings. The van der Waals surface area contributed by atoms with E-state index in [4.69, 9.17) is 21.8 Å². The van der Waals surface area contributed by atoms with Crippen molar-refractivity contribution in [1.29, 1.82) is 0 Å². The molecule has 0 spiro atoms. The molecule has 18 heavy (non-hydrogen) atoms. The van der Waals surface area contributed by atoms with Crippen LogP contribution in [-0.4, -0.2) is 33.8 Å². The smallest absolute Gasteiger partial charge is 0.322 e. The summed E-state index contributed by atoms with van der Waals surface area (Å²) in [6.07, 6.45) is 0.00759. The minimum Gasteiger partial charge on any atom is -0.505 e. The van der Waals surface area contributed by atoms with E-state index in [0.717, 1.165) is 0 Å². The van der Waals surface area contributed by atoms with Gasteiger partial charge in [-0.2, -0.15) is 0 Å². The third kappa shape index (κ3) is 3.81. The number of aliphatic carboxylic acids is 2. The van der Waals surface area contributed by atoms with E-state index < -0.39 is 18.5 Å². The van der Waals surface area contributed by atoms with Crippen molar-refractivity contribution in [2.24, 2.45) is 0 Å². The lowest BCUT2D eigenvalue weighted by Gasteiger charge is -2.12. The van der Waals surface area contributed by atoms with Crippen LogP contribution in [0.3, 0.4) is 0 Å². The number of aromatic hydroxyl groups is 1. The van der Waals surface area contributed by atoms with Gasteiger partial charge in [0.25, 0.3) is 0 Å². The second-order valence-electron chi connectivity index (χ2n) is 3.57. The van der Waals surface area contributed by atoms with Gasteiger partial charge < -0.3 is 20.6 Å². The predicted molar refractivity (Wildman–Crippen MR) is 65.2 cm³/mol. The van der Waals surface area contributed by atoms with Crippen LogP contribution in [0.5, 0.6) is 5.75 Å². The van der Waals surface area contributed by atoms with E-state index in [1.165, 1.54) is 12.1 Å². The Bertz CT molecular complexity index is 475. The van der Waals surface area contributed by atoms with E-state index in [9.17, 15) is 14.7 Å². The van der Waals surface area contributed by atoms with Crippen LogP contribution in [0.15, 0.2) is 12.1 Å². The summed E-state index contributed by atoms with van der Waals surface area (Å²) in [6.45, 7) is -0.393. The standard InChI is InChI=1S/C11H12ClNO5/c12-7-3-1-6(2-4-8(14)15)11(18)10(7)13-5-9(16)17/h1,3,13,18H,2,4-5H2,(H,14,15)(H,16,17). The van der Waals surface area contributed by atoms with E-state index in [0.29, 0.717) is 5.56 Å². The molecule has 0 atom stereocenters. The van der Waals surface area contributed by atoms with Crippen molar-refractivity contribution >= 4 is 29.2 Å². The molecular weight excluding hydrogens is 262 g/mol. The second kappa shape index (κ2) is 6.11. The molecule has 0 heterocycles. The first-order valence-electron chi connectivity index (χ1n) is 5.09. The van der Waals surface area contributed by atoms with Gasteiger partial charge in [0.1, 0.15) is 12.3 Å². The zero-order valence-electron chi connectivity index (χ0n) is 9.31. The number of nitrogens with one attached hydrogen (secondary N) is 1. The first-order valence-corrected chi connectivity index (χ1v) is 5.47. The van der Waals surface area contributed by atoms with Crippen LogP contribution >= 0.6 is 11.6 Å². The third-order valence-corrected chi connectivity index (χ3v) is 2.55. The van der Waals surface area contributed by atoms with Crippen LogP contribution in [0.2, 0.25) is 5.02 Å². The quantitative estimate of drug-likeness (QED) is 0.586.